The zero-order chi connectivity index (χ0) is 22.1. The van der Waals surface area contributed by atoms with Gasteiger partial charge in [0.2, 0.25) is 11.8 Å². The number of hydrogen-bond acceptors (Lipinski definition) is 6. The molecule has 2 aliphatic heterocycles. The van der Waals surface area contributed by atoms with Crippen molar-refractivity contribution in [1.29, 1.82) is 0 Å². The van der Waals surface area contributed by atoms with Crippen molar-refractivity contribution in [2.45, 2.75) is 0 Å². The monoisotopic (exact) mass is 429 g/mol. The van der Waals surface area contributed by atoms with Crippen LogP contribution in [0.15, 0.2) is 36.9 Å². The largest absolute Gasteiger partial charge is 0.493 e. The first-order chi connectivity index (χ1) is 15.1. The fraction of sp³-hybridized carbons (Fsp3) is 0.478. The Morgan fingerprint density at radius 3 is 2.45 bits per heavy atom. The molecule has 0 aromatic heterocycles. The Labute approximate surface area is 183 Å². The van der Waals surface area contributed by atoms with E-state index in [2.05, 4.69) is 11.5 Å². The van der Waals surface area contributed by atoms with Gasteiger partial charge in [0, 0.05) is 45.3 Å². The average Bonchev–Trinajstić information content (AvgIpc) is 2.82. The molecule has 0 N–H and O–H groups in total. The minimum atomic E-state index is -0.0637. The second-order valence-corrected chi connectivity index (χ2v) is 7.44. The number of ether oxygens (including phenoxy) is 3. The summed E-state index contributed by atoms with van der Waals surface area (Å²) in [6.45, 7) is 9.59. The van der Waals surface area contributed by atoms with E-state index in [4.69, 9.17) is 14.2 Å². The molecular formula is C23H31N3O5. The molecular weight excluding hydrogens is 398 g/mol. The standard InChI is InChI=1S/C23H31N3O5/c1-3-14-31-20-6-4-19(17-21(20)29-2)5-7-22(27)25-8-10-26(11-9-25)23(28)18-24-12-15-30-16-13-24/h3-7,17H,1,8-16,18H2,2H3/b7-5+. The van der Waals surface area contributed by atoms with Crippen LogP contribution in [0.1, 0.15) is 5.56 Å². The third-order valence-electron chi connectivity index (χ3n) is 5.37. The predicted molar refractivity (Wildman–Crippen MR) is 118 cm³/mol. The third kappa shape index (κ3) is 6.57. The maximum atomic E-state index is 12.6. The second kappa shape index (κ2) is 11.5. The lowest BCUT2D eigenvalue weighted by molar-refractivity contribution is -0.138. The van der Waals surface area contributed by atoms with Gasteiger partial charge in [-0.3, -0.25) is 14.5 Å². The van der Waals surface area contributed by atoms with Crippen LogP contribution < -0.4 is 9.47 Å². The maximum absolute atomic E-state index is 12.6. The minimum Gasteiger partial charge on any atom is -0.493 e. The van der Waals surface area contributed by atoms with Crippen LogP contribution in [-0.4, -0.2) is 99.3 Å². The van der Waals surface area contributed by atoms with Crippen LogP contribution in [0.4, 0.5) is 0 Å². The van der Waals surface area contributed by atoms with Crippen LogP contribution in [-0.2, 0) is 14.3 Å². The zero-order valence-corrected chi connectivity index (χ0v) is 18.1. The summed E-state index contributed by atoms with van der Waals surface area (Å²) in [5, 5.41) is 0. The highest BCUT2D eigenvalue weighted by Gasteiger charge is 2.24. The van der Waals surface area contributed by atoms with Gasteiger partial charge in [0.05, 0.1) is 26.9 Å². The topological polar surface area (TPSA) is 71.6 Å². The lowest BCUT2D eigenvalue weighted by atomic mass is 10.2. The van der Waals surface area contributed by atoms with Crippen LogP contribution in [0.2, 0.25) is 0 Å². The van der Waals surface area contributed by atoms with Gasteiger partial charge in [-0.25, -0.2) is 0 Å². The molecule has 0 unspecified atom stereocenters. The number of rotatable bonds is 8. The number of piperazine rings is 1. The van der Waals surface area contributed by atoms with Gasteiger partial charge in [-0.1, -0.05) is 18.7 Å². The van der Waals surface area contributed by atoms with E-state index in [1.165, 1.54) is 0 Å². The predicted octanol–water partition coefficient (Wildman–Crippen LogP) is 1.28. The van der Waals surface area contributed by atoms with Crippen molar-refractivity contribution in [2.24, 2.45) is 0 Å². The lowest BCUT2D eigenvalue weighted by Crippen LogP contribution is -2.53. The van der Waals surface area contributed by atoms with Crippen molar-refractivity contribution < 1.29 is 23.8 Å². The normalized spacial score (nSPS) is 17.6. The highest BCUT2D eigenvalue weighted by molar-refractivity contribution is 5.92. The van der Waals surface area contributed by atoms with Gasteiger partial charge in [-0.05, 0) is 23.8 Å². The molecule has 1 aromatic carbocycles. The van der Waals surface area contributed by atoms with E-state index in [9.17, 15) is 9.59 Å². The highest BCUT2D eigenvalue weighted by atomic mass is 16.5. The summed E-state index contributed by atoms with van der Waals surface area (Å²) in [4.78, 5) is 30.8. The number of hydrogen-bond donors (Lipinski definition) is 0. The second-order valence-electron chi connectivity index (χ2n) is 7.44. The smallest absolute Gasteiger partial charge is 0.246 e. The summed E-state index contributed by atoms with van der Waals surface area (Å²) in [7, 11) is 1.58. The molecule has 3 rings (SSSR count). The number of benzene rings is 1. The number of morpholine rings is 1. The van der Waals surface area contributed by atoms with Crippen LogP contribution in [0.3, 0.4) is 0 Å². The van der Waals surface area contributed by atoms with Crippen LogP contribution in [0.25, 0.3) is 6.08 Å². The number of methoxy groups -OCH3 is 1. The van der Waals surface area contributed by atoms with Gasteiger partial charge in [-0.2, -0.15) is 0 Å². The zero-order valence-electron chi connectivity index (χ0n) is 18.1. The molecule has 2 amide bonds. The Morgan fingerprint density at radius 2 is 1.77 bits per heavy atom. The summed E-state index contributed by atoms with van der Waals surface area (Å²) in [6, 6.07) is 5.50. The molecule has 0 spiro atoms. The van der Waals surface area contributed by atoms with E-state index in [1.807, 2.05) is 23.1 Å². The SMILES string of the molecule is C=CCOc1ccc(/C=C/C(=O)N2CCN(C(=O)CN3CCOCC3)CC2)cc1OC. The minimum absolute atomic E-state index is 0.0637. The Balaban J connectivity index is 1.48. The fourth-order valence-corrected chi connectivity index (χ4v) is 3.56. The molecule has 31 heavy (non-hydrogen) atoms. The molecule has 0 radical (unpaired) electrons. The molecule has 0 atom stereocenters. The Hall–Kier alpha value is -2.84. The Morgan fingerprint density at radius 1 is 1.06 bits per heavy atom. The summed E-state index contributed by atoms with van der Waals surface area (Å²) in [5.41, 5.74) is 0.843. The van der Waals surface area contributed by atoms with Gasteiger partial charge in [0.15, 0.2) is 11.5 Å². The quantitative estimate of drug-likeness (QED) is 0.458. The van der Waals surface area contributed by atoms with Crippen LogP contribution >= 0.6 is 0 Å². The van der Waals surface area contributed by atoms with E-state index < -0.39 is 0 Å². The summed E-state index contributed by atoms with van der Waals surface area (Å²) < 4.78 is 16.2. The molecule has 1 aromatic rings. The van der Waals surface area contributed by atoms with Gasteiger partial charge in [0.1, 0.15) is 6.61 Å². The number of nitrogens with zero attached hydrogens (tertiary/aromatic N) is 3. The molecule has 0 bridgehead atoms. The number of carbonyl (C=O) groups is 2. The number of carbonyl (C=O) groups excluding carboxylic acids is 2. The molecule has 2 heterocycles. The van der Waals surface area contributed by atoms with E-state index in [0.717, 1.165) is 18.7 Å². The van der Waals surface area contributed by atoms with Gasteiger partial charge in [-0.15, -0.1) is 0 Å². The van der Waals surface area contributed by atoms with Gasteiger partial charge >= 0.3 is 0 Å². The van der Waals surface area contributed by atoms with Crippen molar-refractivity contribution in [3.8, 4) is 11.5 Å². The first kappa shape index (κ1) is 22.8. The molecule has 0 aliphatic carbocycles. The molecule has 8 heteroatoms. The van der Waals surface area contributed by atoms with Crippen molar-refractivity contribution in [1.82, 2.24) is 14.7 Å². The summed E-state index contributed by atoms with van der Waals surface area (Å²) >= 11 is 0. The lowest BCUT2D eigenvalue weighted by Gasteiger charge is -2.36. The first-order valence-electron chi connectivity index (χ1n) is 10.6. The summed E-state index contributed by atoms with van der Waals surface area (Å²) in [5.74, 6) is 1.29. The van der Waals surface area contributed by atoms with Gasteiger partial charge in [0.25, 0.3) is 0 Å². The average molecular weight is 430 g/mol. The van der Waals surface area contributed by atoms with E-state index in [1.54, 1.807) is 30.2 Å². The Bertz CT molecular complexity index is 796. The van der Waals surface area contributed by atoms with Crippen molar-refractivity contribution in [3.05, 3.63) is 42.5 Å². The molecule has 0 saturated carbocycles. The molecule has 2 aliphatic rings. The first-order valence-corrected chi connectivity index (χ1v) is 10.6. The Kier molecular flexibility index (Phi) is 8.49. The molecule has 2 fully saturated rings. The maximum Gasteiger partial charge on any atom is 0.246 e. The van der Waals surface area contributed by atoms with Crippen LogP contribution in [0, 0.1) is 0 Å². The third-order valence-corrected chi connectivity index (χ3v) is 5.37. The van der Waals surface area contributed by atoms with E-state index in [-0.39, 0.29) is 11.8 Å². The highest BCUT2D eigenvalue weighted by Crippen LogP contribution is 2.28. The van der Waals surface area contributed by atoms with Crippen LogP contribution in [0.5, 0.6) is 11.5 Å². The van der Waals surface area contributed by atoms with Crippen molar-refractivity contribution in [2.75, 3.05) is 72.7 Å². The number of amides is 2. The fourth-order valence-electron chi connectivity index (χ4n) is 3.56. The van der Waals surface area contributed by atoms with Crippen molar-refractivity contribution >= 4 is 17.9 Å². The van der Waals surface area contributed by atoms with Crippen molar-refractivity contribution in [3.63, 3.8) is 0 Å². The molecule has 2 saturated heterocycles. The molecule has 8 nitrogen and oxygen atoms in total. The van der Waals surface area contributed by atoms with Gasteiger partial charge < -0.3 is 24.0 Å². The van der Waals surface area contributed by atoms with E-state index in [0.29, 0.717) is 64.0 Å². The molecule has 168 valence electrons. The van der Waals surface area contributed by atoms with E-state index >= 15 is 0 Å². The summed E-state index contributed by atoms with van der Waals surface area (Å²) in [6.07, 6.45) is 4.99.